The maximum absolute atomic E-state index is 15.3. The van der Waals surface area contributed by atoms with Crippen molar-refractivity contribution in [1.29, 1.82) is 0 Å². The van der Waals surface area contributed by atoms with E-state index in [-0.39, 0.29) is 43.2 Å². The van der Waals surface area contributed by atoms with Gasteiger partial charge in [0, 0.05) is 34.8 Å². The zero-order valence-electron chi connectivity index (χ0n) is 35.4. The Morgan fingerprint density at radius 1 is 1.06 bits per heavy atom. The fourth-order valence-electron chi connectivity index (χ4n) is 9.04. The molecule has 8 rings (SSSR count). The fourth-order valence-corrected chi connectivity index (χ4v) is 9.04. The topological polar surface area (TPSA) is 207 Å². The van der Waals surface area contributed by atoms with Crippen molar-refractivity contribution in [2.75, 3.05) is 11.9 Å². The highest BCUT2D eigenvalue weighted by atomic mass is 19.1. The standard InChI is InChI=1S/C45H49FN6O10/c1-7-45(59)29-17-34-37-27(19-52(34)40(55)28(29)21-60-41(45)56)36-31(15-14-26-22(2)30(46)18-32(49-37)35(26)36)50-42(57)61-20-24-10-12-25(13-11-24)48-38(53)33-9-8-16-51(33)39(54)23(3)47-43(58)62-44(4,5)6/h10-13,17-18,23,31,33,59H,7-9,14-16,19-21H2,1-6H3,(H,47,58)(H,48,53)(H,50,57)/t23-,31+,33+,45+/m1/s1. The van der Waals surface area contributed by atoms with Crippen LogP contribution in [0.25, 0.3) is 22.3 Å². The SMILES string of the molecule is CC[C@@]1(O)C(=O)OCc2c1cc1n(c2=O)Cc2c-1nc1cc(F)c(C)c3c1c2[C@@H](NC(=O)OCc1ccc(NC(=O)[C@@H]2CCCN2C(=O)[C@@H](C)NC(=O)OC(C)(C)C)cc1)CC3. The van der Waals surface area contributed by atoms with Gasteiger partial charge in [-0.2, -0.15) is 0 Å². The zero-order valence-corrected chi connectivity index (χ0v) is 35.4. The largest absolute Gasteiger partial charge is 0.458 e. The Balaban J connectivity index is 0.958. The lowest BCUT2D eigenvalue weighted by Crippen LogP contribution is -2.52. The number of alkyl carbamates (subject to hydrolysis) is 2. The average molecular weight is 853 g/mol. The molecule has 4 aliphatic rings. The maximum Gasteiger partial charge on any atom is 0.408 e. The molecule has 3 aliphatic heterocycles. The van der Waals surface area contributed by atoms with Gasteiger partial charge in [0.15, 0.2) is 5.60 Å². The van der Waals surface area contributed by atoms with Gasteiger partial charge >= 0.3 is 18.2 Å². The van der Waals surface area contributed by atoms with Crippen molar-refractivity contribution in [2.45, 2.75) is 123 Å². The third-order valence-electron chi connectivity index (χ3n) is 12.2. The van der Waals surface area contributed by atoms with Gasteiger partial charge in [0.25, 0.3) is 5.56 Å². The van der Waals surface area contributed by atoms with E-state index in [1.807, 2.05) is 0 Å². The summed E-state index contributed by atoms with van der Waals surface area (Å²) in [5.74, 6) is -2.03. The molecule has 4 aromatic rings. The molecule has 2 aromatic carbocycles. The number of carbonyl (C=O) groups excluding carboxylic acids is 5. The highest BCUT2D eigenvalue weighted by Crippen LogP contribution is 2.46. The number of anilines is 1. The molecule has 5 heterocycles. The summed E-state index contributed by atoms with van der Waals surface area (Å²) in [6.45, 7) is 10.1. The van der Waals surface area contributed by atoms with Crippen LogP contribution in [0, 0.1) is 12.7 Å². The van der Waals surface area contributed by atoms with Gasteiger partial charge in [-0.05, 0) is 107 Å². The number of amides is 4. The van der Waals surface area contributed by atoms with Gasteiger partial charge < -0.3 is 44.7 Å². The number of nitrogens with one attached hydrogen (secondary N) is 3. The molecule has 326 valence electrons. The molecule has 17 heteroatoms. The van der Waals surface area contributed by atoms with Crippen molar-refractivity contribution in [2.24, 2.45) is 0 Å². The summed E-state index contributed by atoms with van der Waals surface area (Å²) in [6.07, 6.45) is 0.498. The van der Waals surface area contributed by atoms with Crippen LogP contribution >= 0.6 is 0 Å². The van der Waals surface area contributed by atoms with E-state index in [0.29, 0.717) is 82.5 Å². The number of benzene rings is 2. The van der Waals surface area contributed by atoms with Crippen LogP contribution in [0.5, 0.6) is 0 Å². The van der Waals surface area contributed by atoms with Crippen LogP contribution in [0.4, 0.5) is 19.7 Å². The van der Waals surface area contributed by atoms with E-state index >= 15 is 4.39 Å². The molecule has 0 spiro atoms. The second-order valence-electron chi connectivity index (χ2n) is 17.4. The first-order valence-electron chi connectivity index (χ1n) is 20.8. The number of fused-ring (bicyclic) bond motifs is 5. The lowest BCUT2D eigenvalue weighted by Gasteiger charge is -2.31. The molecule has 0 radical (unpaired) electrons. The molecule has 1 fully saturated rings. The normalized spacial score (nSPS) is 20.4. The first kappa shape index (κ1) is 42.3. The van der Waals surface area contributed by atoms with Gasteiger partial charge in [0.1, 0.15) is 36.7 Å². The monoisotopic (exact) mass is 852 g/mol. The molecule has 4 N–H and O–H groups in total. The summed E-state index contributed by atoms with van der Waals surface area (Å²) < 4.78 is 33.0. The van der Waals surface area contributed by atoms with E-state index in [9.17, 15) is 33.9 Å². The van der Waals surface area contributed by atoms with Gasteiger partial charge in [-0.3, -0.25) is 14.4 Å². The molecule has 4 amide bonds. The fraction of sp³-hybridized carbons (Fsp3) is 0.444. The first-order valence-corrected chi connectivity index (χ1v) is 20.8. The summed E-state index contributed by atoms with van der Waals surface area (Å²) in [5.41, 5.74) is 1.98. The van der Waals surface area contributed by atoms with Crippen molar-refractivity contribution in [1.82, 2.24) is 25.1 Å². The number of likely N-dealkylation sites (tertiary alicyclic amines) is 1. The van der Waals surface area contributed by atoms with Crippen LogP contribution in [-0.2, 0) is 60.4 Å². The first-order chi connectivity index (χ1) is 29.4. The average Bonchev–Trinajstić information content (AvgIpc) is 3.86. The second kappa shape index (κ2) is 15.8. The Morgan fingerprint density at radius 3 is 2.52 bits per heavy atom. The number of aromatic nitrogens is 2. The minimum Gasteiger partial charge on any atom is -0.458 e. The van der Waals surface area contributed by atoms with Crippen LogP contribution in [0.3, 0.4) is 0 Å². The number of aliphatic hydroxyl groups is 1. The predicted octanol–water partition coefficient (Wildman–Crippen LogP) is 5.28. The van der Waals surface area contributed by atoms with Crippen molar-refractivity contribution in [3.05, 3.63) is 91.5 Å². The van der Waals surface area contributed by atoms with Gasteiger partial charge in [-0.15, -0.1) is 0 Å². The Labute approximate surface area is 356 Å². The Kier molecular flexibility index (Phi) is 10.8. The molecule has 4 atom stereocenters. The van der Waals surface area contributed by atoms with E-state index in [2.05, 4.69) is 16.0 Å². The number of rotatable bonds is 8. The number of nitrogens with zero attached hydrogens (tertiary/aromatic N) is 3. The summed E-state index contributed by atoms with van der Waals surface area (Å²) in [4.78, 5) is 85.2. The third-order valence-corrected chi connectivity index (χ3v) is 12.2. The third kappa shape index (κ3) is 7.51. The molecule has 1 aliphatic carbocycles. The van der Waals surface area contributed by atoms with E-state index < -0.39 is 64.8 Å². The van der Waals surface area contributed by atoms with E-state index in [1.54, 1.807) is 71.9 Å². The molecule has 0 unspecified atom stereocenters. The van der Waals surface area contributed by atoms with E-state index in [1.165, 1.54) is 15.5 Å². The number of hydrogen-bond donors (Lipinski definition) is 4. The summed E-state index contributed by atoms with van der Waals surface area (Å²) in [5, 5.41) is 20.4. The molecule has 0 bridgehead atoms. The number of aryl methyl sites for hydroxylation is 1. The van der Waals surface area contributed by atoms with Crippen LogP contribution in [-0.4, -0.2) is 73.8 Å². The highest BCUT2D eigenvalue weighted by Gasteiger charge is 2.46. The molecule has 0 saturated carbocycles. The Hall–Kier alpha value is -6.36. The lowest BCUT2D eigenvalue weighted by atomic mass is 9.81. The predicted molar refractivity (Wildman–Crippen MR) is 222 cm³/mol. The van der Waals surface area contributed by atoms with Gasteiger partial charge in [0.2, 0.25) is 11.8 Å². The summed E-state index contributed by atoms with van der Waals surface area (Å²) in [7, 11) is 0. The summed E-state index contributed by atoms with van der Waals surface area (Å²) in [6, 6.07) is 7.47. The molecule has 2 aromatic heterocycles. The number of esters is 1. The summed E-state index contributed by atoms with van der Waals surface area (Å²) >= 11 is 0. The Morgan fingerprint density at radius 2 is 1.81 bits per heavy atom. The van der Waals surface area contributed by atoms with Crippen LogP contribution < -0.4 is 21.5 Å². The highest BCUT2D eigenvalue weighted by molar-refractivity contribution is 5.99. The number of pyridine rings is 2. The molecule has 16 nitrogen and oxygen atoms in total. The number of hydrogen-bond acceptors (Lipinski definition) is 11. The molecular weight excluding hydrogens is 804 g/mol. The lowest BCUT2D eigenvalue weighted by molar-refractivity contribution is -0.172. The van der Waals surface area contributed by atoms with Crippen LogP contribution in [0.15, 0.2) is 41.2 Å². The number of carbonyl (C=O) groups is 5. The second-order valence-corrected chi connectivity index (χ2v) is 17.4. The van der Waals surface area contributed by atoms with Crippen molar-refractivity contribution < 1.29 is 47.7 Å². The zero-order chi connectivity index (χ0) is 44.4. The Bertz CT molecular complexity index is 2620. The number of halogens is 1. The number of cyclic esters (lactones) is 1. The molecule has 62 heavy (non-hydrogen) atoms. The van der Waals surface area contributed by atoms with Gasteiger partial charge in [-0.25, -0.2) is 23.8 Å². The quantitative estimate of drug-likeness (QED) is 0.117. The minimum atomic E-state index is -2.02. The van der Waals surface area contributed by atoms with Crippen molar-refractivity contribution in [3.63, 3.8) is 0 Å². The van der Waals surface area contributed by atoms with Gasteiger partial charge in [-0.1, -0.05) is 19.1 Å². The van der Waals surface area contributed by atoms with Crippen molar-refractivity contribution >= 4 is 46.6 Å². The van der Waals surface area contributed by atoms with Crippen LogP contribution in [0.2, 0.25) is 0 Å². The van der Waals surface area contributed by atoms with Gasteiger partial charge in [0.05, 0.1) is 35.1 Å². The van der Waals surface area contributed by atoms with E-state index in [4.69, 9.17) is 19.2 Å². The minimum absolute atomic E-state index is 0.0191. The van der Waals surface area contributed by atoms with Crippen LogP contribution in [0.1, 0.15) is 105 Å². The molecule has 1 saturated heterocycles. The number of ether oxygens (including phenoxy) is 3. The maximum atomic E-state index is 15.3. The smallest absolute Gasteiger partial charge is 0.408 e. The van der Waals surface area contributed by atoms with E-state index in [0.717, 1.165) is 5.56 Å². The van der Waals surface area contributed by atoms with Crippen molar-refractivity contribution in [3.8, 4) is 11.4 Å². The molecular formula is C45H49FN6O10.